The zero-order valence-electron chi connectivity index (χ0n) is 15.2. The molecule has 0 saturated heterocycles. The van der Waals surface area contributed by atoms with Crippen LogP contribution in [0.2, 0.25) is 0 Å². The highest BCUT2D eigenvalue weighted by Crippen LogP contribution is 2.31. The summed E-state index contributed by atoms with van der Waals surface area (Å²) >= 11 is 0. The number of fused-ring (bicyclic) bond motifs is 1. The topological polar surface area (TPSA) is 93.2 Å². The van der Waals surface area contributed by atoms with Crippen LogP contribution in [0.3, 0.4) is 0 Å². The van der Waals surface area contributed by atoms with Gasteiger partial charge in [0.05, 0.1) is 25.2 Å². The van der Waals surface area contributed by atoms with Crippen molar-refractivity contribution in [2.75, 3.05) is 50.5 Å². The van der Waals surface area contributed by atoms with E-state index in [4.69, 9.17) is 9.47 Å². The van der Waals surface area contributed by atoms with Crippen LogP contribution in [0.4, 0.5) is 5.69 Å². The number of amides is 1. The summed E-state index contributed by atoms with van der Waals surface area (Å²) in [6, 6.07) is 4.90. The number of carbonyl (C=O) groups is 2. The first kappa shape index (κ1) is 20.2. The molecule has 0 bridgehead atoms. The molecular weight excluding hydrogens is 360 g/mol. The maximum atomic E-state index is 12.8. The fraction of sp³-hybridized carbons (Fsp3) is 0.529. The van der Waals surface area contributed by atoms with Crippen molar-refractivity contribution in [1.29, 1.82) is 0 Å². The summed E-state index contributed by atoms with van der Waals surface area (Å²) in [5.74, 6) is -0.808. The second-order valence-electron chi connectivity index (χ2n) is 5.95. The first-order valence-corrected chi connectivity index (χ1v) is 10.2. The lowest BCUT2D eigenvalue weighted by molar-refractivity contribution is -0.143. The van der Waals surface area contributed by atoms with Gasteiger partial charge in [0.25, 0.3) is 5.91 Å². The zero-order chi connectivity index (χ0) is 19.3. The minimum atomic E-state index is -3.34. The van der Waals surface area contributed by atoms with Gasteiger partial charge in [0.15, 0.2) is 0 Å². The van der Waals surface area contributed by atoms with Gasteiger partial charge in [0.2, 0.25) is 10.0 Å². The van der Waals surface area contributed by atoms with E-state index in [1.165, 1.54) is 16.3 Å². The molecule has 0 saturated carbocycles. The molecule has 0 atom stereocenters. The third kappa shape index (κ3) is 4.73. The predicted octanol–water partition coefficient (Wildman–Crippen LogP) is 0.660. The van der Waals surface area contributed by atoms with Gasteiger partial charge in [-0.25, -0.2) is 8.42 Å². The van der Waals surface area contributed by atoms with Crippen LogP contribution < -0.4 is 4.31 Å². The van der Waals surface area contributed by atoms with Crippen LogP contribution in [0.25, 0.3) is 0 Å². The fourth-order valence-corrected chi connectivity index (χ4v) is 3.81. The largest absolute Gasteiger partial charge is 0.465 e. The molecule has 1 aromatic carbocycles. The molecule has 0 aliphatic carbocycles. The number of sulfonamides is 1. The van der Waals surface area contributed by atoms with Crippen molar-refractivity contribution in [1.82, 2.24) is 4.90 Å². The quantitative estimate of drug-likeness (QED) is 0.612. The summed E-state index contributed by atoms with van der Waals surface area (Å²) in [4.78, 5) is 25.9. The smallest absolute Gasteiger partial charge is 0.325 e. The van der Waals surface area contributed by atoms with Crippen LogP contribution in [0.1, 0.15) is 22.8 Å². The van der Waals surface area contributed by atoms with Crippen molar-refractivity contribution in [2.24, 2.45) is 0 Å². The van der Waals surface area contributed by atoms with Crippen molar-refractivity contribution in [3.05, 3.63) is 29.3 Å². The monoisotopic (exact) mass is 384 g/mol. The molecule has 26 heavy (non-hydrogen) atoms. The van der Waals surface area contributed by atoms with Gasteiger partial charge in [-0.3, -0.25) is 13.9 Å². The summed E-state index contributed by atoms with van der Waals surface area (Å²) in [7, 11) is -1.82. The Bertz CT molecular complexity index is 777. The van der Waals surface area contributed by atoms with Crippen LogP contribution in [-0.4, -0.2) is 71.4 Å². The second kappa shape index (κ2) is 8.50. The number of anilines is 1. The Morgan fingerprint density at radius 3 is 2.65 bits per heavy atom. The highest BCUT2D eigenvalue weighted by atomic mass is 32.2. The SMILES string of the molecule is CCOC(=O)CN(CCOC)C(=O)c1ccc2c(c1)CCN2S(C)(=O)=O. The zero-order valence-corrected chi connectivity index (χ0v) is 16.0. The van der Waals surface area contributed by atoms with E-state index in [1.807, 2.05) is 0 Å². The van der Waals surface area contributed by atoms with E-state index in [0.717, 1.165) is 11.8 Å². The van der Waals surface area contributed by atoms with Crippen LogP contribution >= 0.6 is 0 Å². The Kier molecular flexibility index (Phi) is 6.60. The fourth-order valence-electron chi connectivity index (χ4n) is 2.85. The summed E-state index contributed by atoms with van der Waals surface area (Å²) in [5, 5.41) is 0. The molecule has 1 aromatic rings. The number of esters is 1. The van der Waals surface area contributed by atoms with Crippen LogP contribution in [0.15, 0.2) is 18.2 Å². The molecule has 0 spiro atoms. The number of nitrogens with zero attached hydrogens (tertiary/aromatic N) is 2. The Morgan fingerprint density at radius 2 is 2.04 bits per heavy atom. The van der Waals surface area contributed by atoms with E-state index in [0.29, 0.717) is 24.2 Å². The number of carbonyl (C=O) groups excluding carboxylic acids is 2. The number of hydrogen-bond acceptors (Lipinski definition) is 6. The van der Waals surface area contributed by atoms with Gasteiger partial charge in [-0.05, 0) is 37.1 Å². The van der Waals surface area contributed by atoms with E-state index in [1.54, 1.807) is 25.1 Å². The molecule has 0 radical (unpaired) electrons. The van der Waals surface area contributed by atoms with Crippen LogP contribution in [-0.2, 0) is 30.7 Å². The van der Waals surface area contributed by atoms with E-state index >= 15 is 0 Å². The van der Waals surface area contributed by atoms with Gasteiger partial charge < -0.3 is 14.4 Å². The van der Waals surface area contributed by atoms with Gasteiger partial charge in [-0.2, -0.15) is 0 Å². The molecular formula is C17H24N2O6S. The number of methoxy groups -OCH3 is 1. The lowest BCUT2D eigenvalue weighted by Crippen LogP contribution is -2.38. The number of benzene rings is 1. The van der Waals surface area contributed by atoms with E-state index in [-0.39, 0.29) is 32.2 Å². The molecule has 9 heteroatoms. The molecule has 1 aliphatic heterocycles. The Labute approximate surface area is 153 Å². The Hall–Kier alpha value is -2.13. The molecule has 0 unspecified atom stereocenters. The van der Waals surface area contributed by atoms with Crippen LogP contribution in [0.5, 0.6) is 0 Å². The average molecular weight is 384 g/mol. The second-order valence-corrected chi connectivity index (χ2v) is 7.86. The molecule has 0 N–H and O–H groups in total. The van der Waals surface area contributed by atoms with Gasteiger partial charge >= 0.3 is 5.97 Å². The standard InChI is InChI=1S/C17H24N2O6S/c1-4-25-16(20)12-18(9-10-24-2)17(21)14-5-6-15-13(11-14)7-8-19(15)26(3,22)23/h5-6,11H,4,7-10,12H2,1-3H3. The lowest BCUT2D eigenvalue weighted by Gasteiger charge is -2.22. The van der Waals surface area contributed by atoms with Crippen molar-refractivity contribution < 1.29 is 27.5 Å². The Morgan fingerprint density at radius 1 is 1.31 bits per heavy atom. The van der Waals surface area contributed by atoms with Crippen molar-refractivity contribution in [3.63, 3.8) is 0 Å². The summed E-state index contributed by atoms with van der Waals surface area (Å²) in [6.45, 7) is 2.68. The molecule has 1 amide bonds. The van der Waals surface area contributed by atoms with Gasteiger partial charge in [0.1, 0.15) is 6.54 Å². The van der Waals surface area contributed by atoms with Gasteiger partial charge in [-0.1, -0.05) is 0 Å². The highest BCUT2D eigenvalue weighted by Gasteiger charge is 2.28. The molecule has 1 aliphatic rings. The Balaban J connectivity index is 2.22. The number of ether oxygens (including phenoxy) is 2. The third-order valence-corrected chi connectivity index (χ3v) is 5.24. The summed E-state index contributed by atoms with van der Waals surface area (Å²) in [6.07, 6.45) is 1.70. The van der Waals surface area contributed by atoms with Crippen molar-refractivity contribution in [3.8, 4) is 0 Å². The number of rotatable bonds is 8. The van der Waals surface area contributed by atoms with Crippen LogP contribution in [0, 0.1) is 0 Å². The minimum Gasteiger partial charge on any atom is -0.465 e. The van der Waals surface area contributed by atoms with Crippen molar-refractivity contribution in [2.45, 2.75) is 13.3 Å². The first-order valence-electron chi connectivity index (χ1n) is 8.32. The highest BCUT2D eigenvalue weighted by molar-refractivity contribution is 7.92. The molecule has 2 rings (SSSR count). The number of hydrogen-bond donors (Lipinski definition) is 0. The summed E-state index contributed by atoms with van der Waals surface area (Å²) < 4.78 is 34.9. The maximum absolute atomic E-state index is 12.8. The molecule has 1 heterocycles. The predicted molar refractivity (Wildman–Crippen MR) is 96.7 cm³/mol. The normalized spacial score (nSPS) is 13.4. The lowest BCUT2D eigenvalue weighted by atomic mass is 10.1. The van der Waals surface area contributed by atoms with Gasteiger partial charge in [0, 0.05) is 25.8 Å². The molecule has 8 nitrogen and oxygen atoms in total. The van der Waals surface area contributed by atoms with Gasteiger partial charge in [-0.15, -0.1) is 0 Å². The third-order valence-electron chi connectivity index (χ3n) is 4.06. The van der Waals surface area contributed by atoms with E-state index in [9.17, 15) is 18.0 Å². The summed E-state index contributed by atoms with van der Waals surface area (Å²) in [5.41, 5.74) is 1.79. The minimum absolute atomic E-state index is 0.164. The van der Waals surface area contributed by atoms with E-state index in [2.05, 4.69) is 0 Å². The molecule has 144 valence electrons. The van der Waals surface area contributed by atoms with Crippen molar-refractivity contribution >= 4 is 27.6 Å². The average Bonchev–Trinajstić information content (AvgIpc) is 3.01. The molecule has 0 fully saturated rings. The maximum Gasteiger partial charge on any atom is 0.325 e. The molecule has 0 aromatic heterocycles. The van der Waals surface area contributed by atoms with E-state index < -0.39 is 16.0 Å². The first-order chi connectivity index (χ1) is 12.3.